The van der Waals surface area contributed by atoms with Gasteiger partial charge in [-0.3, -0.25) is 0 Å². The third-order valence-corrected chi connectivity index (χ3v) is 6.42. The van der Waals surface area contributed by atoms with Gasteiger partial charge in [0, 0.05) is 16.4 Å². The van der Waals surface area contributed by atoms with Gasteiger partial charge in [-0.25, -0.2) is 4.79 Å². The van der Waals surface area contributed by atoms with Gasteiger partial charge in [-0.15, -0.1) is 11.8 Å². The molecule has 0 saturated heterocycles. The van der Waals surface area contributed by atoms with Crippen LogP contribution in [0.2, 0.25) is 0 Å². The number of hydrogen-bond donors (Lipinski definition) is 1. The highest BCUT2D eigenvalue weighted by molar-refractivity contribution is 7.99. The number of thioether (sulfide) groups is 1. The summed E-state index contributed by atoms with van der Waals surface area (Å²) in [4.78, 5) is 13.3. The Morgan fingerprint density at radius 1 is 1.00 bits per heavy atom. The largest absolute Gasteiger partial charge is 0.478 e. The number of fused-ring (bicyclic) bond motifs is 1. The molecule has 0 bridgehead atoms. The zero-order valence-corrected chi connectivity index (χ0v) is 16.5. The Labute approximate surface area is 169 Å². The second kappa shape index (κ2) is 7.72. The van der Waals surface area contributed by atoms with E-state index in [-0.39, 0.29) is 0 Å². The van der Waals surface area contributed by atoms with Crippen LogP contribution in [0.15, 0.2) is 83.8 Å². The van der Waals surface area contributed by atoms with E-state index in [1.54, 1.807) is 19.1 Å². The van der Waals surface area contributed by atoms with Crippen LogP contribution in [0, 0.1) is 0 Å². The van der Waals surface area contributed by atoms with Crippen molar-refractivity contribution in [2.75, 3.05) is 5.75 Å². The highest BCUT2D eigenvalue weighted by atomic mass is 32.2. The fraction of sp³-hybridized carbons (Fsp3) is 0.208. The Morgan fingerprint density at radius 2 is 1.68 bits per heavy atom. The van der Waals surface area contributed by atoms with E-state index in [0.29, 0.717) is 17.2 Å². The van der Waals surface area contributed by atoms with Crippen molar-refractivity contribution in [1.82, 2.24) is 0 Å². The van der Waals surface area contributed by atoms with Crippen molar-refractivity contribution in [2.45, 2.75) is 29.8 Å². The molecule has 0 amide bonds. The number of ether oxygens (including phenoxy) is 1. The van der Waals surface area contributed by atoms with Crippen LogP contribution in [0.3, 0.4) is 0 Å². The summed E-state index contributed by atoms with van der Waals surface area (Å²) in [7, 11) is 0. The summed E-state index contributed by atoms with van der Waals surface area (Å²) < 4.78 is 5.96. The Morgan fingerprint density at radius 3 is 2.39 bits per heavy atom. The van der Waals surface area contributed by atoms with Crippen LogP contribution < -0.4 is 4.74 Å². The maximum atomic E-state index is 12.0. The molecule has 0 aliphatic carbocycles. The van der Waals surface area contributed by atoms with Gasteiger partial charge in [-0.2, -0.15) is 0 Å². The summed E-state index contributed by atoms with van der Waals surface area (Å²) in [6, 6.07) is 25.5. The summed E-state index contributed by atoms with van der Waals surface area (Å²) in [6.45, 7) is 1.59. The number of benzene rings is 3. The lowest BCUT2D eigenvalue weighted by atomic mass is 9.88. The molecule has 4 rings (SSSR count). The first kappa shape index (κ1) is 18.6. The Balaban J connectivity index is 1.60. The summed E-state index contributed by atoms with van der Waals surface area (Å²) in [5.41, 5.74) is 1.78. The minimum Gasteiger partial charge on any atom is -0.478 e. The van der Waals surface area contributed by atoms with E-state index in [4.69, 9.17) is 4.74 Å². The number of aliphatic carboxylic acids is 1. The van der Waals surface area contributed by atoms with Crippen molar-refractivity contribution in [3.05, 3.63) is 95.6 Å². The first-order valence-corrected chi connectivity index (χ1v) is 10.4. The number of carboxylic acids is 1. The summed E-state index contributed by atoms with van der Waals surface area (Å²) >= 11 is 1.91. The molecule has 1 aliphatic rings. The average Bonchev–Trinajstić information content (AvgIpc) is 2.74. The van der Waals surface area contributed by atoms with Gasteiger partial charge in [0.05, 0.1) is 0 Å². The van der Waals surface area contributed by atoms with Crippen molar-refractivity contribution in [3.8, 4) is 5.75 Å². The van der Waals surface area contributed by atoms with Gasteiger partial charge < -0.3 is 9.84 Å². The van der Waals surface area contributed by atoms with Gasteiger partial charge in [0.25, 0.3) is 0 Å². The van der Waals surface area contributed by atoms with E-state index >= 15 is 0 Å². The van der Waals surface area contributed by atoms with E-state index in [0.717, 1.165) is 12.2 Å². The van der Waals surface area contributed by atoms with Gasteiger partial charge in [0.1, 0.15) is 5.75 Å². The summed E-state index contributed by atoms with van der Waals surface area (Å²) in [5, 5.41) is 9.79. The molecular formula is C24H22O3S. The van der Waals surface area contributed by atoms with E-state index in [1.807, 2.05) is 42.1 Å². The topological polar surface area (TPSA) is 46.5 Å². The molecule has 0 fully saturated rings. The van der Waals surface area contributed by atoms with Gasteiger partial charge >= 0.3 is 5.97 Å². The molecule has 142 valence electrons. The third kappa shape index (κ3) is 3.52. The SMILES string of the molecule is CC(Oc1ccc(C2CCSc3ccccc32)cc1)(C(=O)O)c1ccccc1. The van der Waals surface area contributed by atoms with Gasteiger partial charge in [0.15, 0.2) is 0 Å². The smallest absolute Gasteiger partial charge is 0.352 e. The molecule has 3 aromatic rings. The highest BCUT2D eigenvalue weighted by Crippen LogP contribution is 2.41. The normalized spacial score (nSPS) is 18.0. The number of carbonyl (C=O) groups is 1. The highest BCUT2D eigenvalue weighted by Gasteiger charge is 2.37. The molecule has 0 radical (unpaired) electrons. The number of carboxylic acid groups (broad SMARTS) is 1. The summed E-state index contributed by atoms with van der Waals surface area (Å²) in [5.74, 6) is 1.01. The second-order valence-corrected chi connectivity index (χ2v) is 8.24. The first-order chi connectivity index (χ1) is 13.6. The maximum absolute atomic E-state index is 12.0. The molecule has 3 aromatic carbocycles. The predicted molar refractivity (Wildman–Crippen MR) is 112 cm³/mol. The van der Waals surface area contributed by atoms with Crippen LogP contribution in [0.5, 0.6) is 5.75 Å². The lowest BCUT2D eigenvalue weighted by Crippen LogP contribution is -2.38. The molecule has 28 heavy (non-hydrogen) atoms. The van der Waals surface area contributed by atoms with Crippen molar-refractivity contribution in [1.29, 1.82) is 0 Å². The third-order valence-electron chi connectivity index (χ3n) is 5.30. The molecule has 2 atom stereocenters. The van der Waals surface area contributed by atoms with Crippen molar-refractivity contribution in [2.24, 2.45) is 0 Å². The molecule has 0 aromatic heterocycles. The molecule has 0 saturated carbocycles. The molecule has 0 spiro atoms. The zero-order chi connectivity index (χ0) is 19.6. The van der Waals surface area contributed by atoms with Crippen LogP contribution >= 0.6 is 11.8 Å². The Bertz CT molecular complexity index is 969. The fourth-order valence-electron chi connectivity index (χ4n) is 3.67. The molecule has 1 N–H and O–H groups in total. The maximum Gasteiger partial charge on any atom is 0.352 e. The van der Waals surface area contributed by atoms with Gasteiger partial charge in [-0.05, 0) is 48.4 Å². The Kier molecular flexibility index (Phi) is 5.14. The monoisotopic (exact) mass is 390 g/mol. The summed E-state index contributed by atoms with van der Waals surface area (Å²) in [6.07, 6.45) is 1.10. The van der Waals surface area contributed by atoms with E-state index in [9.17, 15) is 9.90 Å². The number of rotatable bonds is 5. The van der Waals surface area contributed by atoms with E-state index in [1.165, 1.54) is 16.0 Å². The lowest BCUT2D eigenvalue weighted by molar-refractivity contribution is -0.154. The molecule has 4 heteroatoms. The van der Waals surface area contributed by atoms with Gasteiger partial charge in [0.2, 0.25) is 5.60 Å². The zero-order valence-electron chi connectivity index (χ0n) is 15.7. The predicted octanol–water partition coefficient (Wildman–Crippen LogP) is 5.69. The van der Waals surface area contributed by atoms with Crippen LogP contribution in [-0.2, 0) is 10.4 Å². The quantitative estimate of drug-likeness (QED) is 0.608. The van der Waals surface area contributed by atoms with Crippen LogP contribution in [0.25, 0.3) is 0 Å². The average molecular weight is 391 g/mol. The van der Waals surface area contributed by atoms with Crippen molar-refractivity contribution >= 4 is 17.7 Å². The molecule has 3 nitrogen and oxygen atoms in total. The van der Waals surface area contributed by atoms with Crippen LogP contribution in [-0.4, -0.2) is 16.8 Å². The Hall–Kier alpha value is -2.72. The van der Waals surface area contributed by atoms with Crippen molar-refractivity contribution < 1.29 is 14.6 Å². The van der Waals surface area contributed by atoms with E-state index in [2.05, 4.69) is 36.4 Å². The fourth-order valence-corrected chi connectivity index (χ4v) is 4.80. The first-order valence-electron chi connectivity index (χ1n) is 9.37. The standard InChI is InChI=1S/C24H22O3S/c1-24(23(25)26,18-7-3-2-4-8-18)27-19-13-11-17(12-14-19)20-15-16-28-22-10-6-5-9-21(20)22/h2-14,20H,15-16H2,1H3,(H,25,26). The van der Waals surface area contributed by atoms with E-state index < -0.39 is 11.6 Å². The number of hydrogen-bond acceptors (Lipinski definition) is 3. The minimum absolute atomic E-state index is 0.367. The van der Waals surface area contributed by atoms with Gasteiger partial charge in [-0.1, -0.05) is 60.7 Å². The van der Waals surface area contributed by atoms with Crippen LogP contribution in [0.4, 0.5) is 0 Å². The second-order valence-electron chi connectivity index (χ2n) is 7.10. The minimum atomic E-state index is -1.43. The van der Waals surface area contributed by atoms with Crippen molar-refractivity contribution in [3.63, 3.8) is 0 Å². The van der Waals surface area contributed by atoms with Crippen LogP contribution in [0.1, 0.15) is 36.0 Å². The molecule has 2 unspecified atom stereocenters. The lowest BCUT2D eigenvalue weighted by Gasteiger charge is -2.28. The molecular weight excluding hydrogens is 368 g/mol. The molecule has 1 aliphatic heterocycles. The molecule has 1 heterocycles.